The van der Waals surface area contributed by atoms with Crippen LogP contribution in [0.25, 0.3) is 0 Å². The van der Waals surface area contributed by atoms with Crippen LogP contribution in [0.1, 0.15) is 22.8 Å². The number of hydrogen-bond donors (Lipinski definition) is 1. The van der Waals surface area contributed by atoms with E-state index in [-0.39, 0.29) is 16.2 Å². The van der Waals surface area contributed by atoms with E-state index >= 15 is 0 Å². The molecule has 0 saturated carbocycles. The van der Waals surface area contributed by atoms with Crippen molar-refractivity contribution in [1.29, 1.82) is 0 Å². The van der Waals surface area contributed by atoms with Crippen molar-refractivity contribution >= 4 is 33.0 Å². The van der Waals surface area contributed by atoms with Crippen molar-refractivity contribution in [2.24, 2.45) is 0 Å². The summed E-state index contributed by atoms with van der Waals surface area (Å²) in [6, 6.07) is 9.39. The Morgan fingerprint density at radius 3 is 2.54 bits per heavy atom. The maximum atomic E-state index is 12.6. The average Bonchev–Trinajstić information content (AvgIpc) is 2.57. The molecule has 24 heavy (non-hydrogen) atoms. The first-order valence-corrected chi connectivity index (χ1v) is 9.30. The van der Waals surface area contributed by atoms with E-state index in [4.69, 9.17) is 16.3 Å². The zero-order valence-electron chi connectivity index (χ0n) is 13.6. The number of carbonyl (C=O) groups is 1. The van der Waals surface area contributed by atoms with Crippen LogP contribution < -0.4 is 10.1 Å². The molecule has 0 atom stereocenters. The molecule has 2 aromatic carbocycles. The minimum absolute atomic E-state index is 0.00894. The molecule has 0 aliphatic rings. The molecule has 5 nitrogen and oxygen atoms in total. The first-order chi connectivity index (χ1) is 11.3. The lowest BCUT2D eigenvalue weighted by Crippen LogP contribution is -2.17. The Kier molecular flexibility index (Phi) is 5.51. The van der Waals surface area contributed by atoms with Crippen molar-refractivity contribution in [3.8, 4) is 5.75 Å². The zero-order valence-corrected chi connectivity index (χ0v) is 15.2. The lowest BCUT2D eigenvalue weighted by molar-refractivity contribution is 0.102. The van der Waals surface area contributed by atoms with Gasteiger partial charge in [-0.3, -0.25) is 4.79 Å². The lowest BCUT2D eigenvalue weighted by Gasteiger charge is -2.14. The van der Waals surface area contributed by atoms with Crippen LogP contribution in [-0.4, -0.2) is 27.2 Å². The van der Waals surface area contributed by atoms with Crippen molar-refractivity contribution < 1.29 is 17.9 Å². The summed E-state index contributed by atoms with van der Waals surface area (Å²) in [5.41, 5.74) is 1.28. The van der Waals surface area contributed by atoms with Crippen molar-refractivity contribution in [3.05, 3.63) is 52.5 Å². The Balaban J connectivity index is 2.44. The standard InChI is InChI=1S/C17H18ClNO4S/c1-4-24(21,22)16-8-6-5-7-12(16)17(20)19-14-9-11(2)13(18)10-15(14)23-3/h5-10H,4H2,1-3H3,(H,19,20). The summed E-state index contributed by atoms with van der Waals surface area (Å²) in [5.74, 6) is -0.210. The van der Waals surface area contributed by atoms with E-state index in [1.54, 1.807) is 31.2 Å². The molecule has 2 aromatic rings. The topological polar surface area (TPSA) is 72.5 Å². The number of ether oxygens (including phenoxy) is 1. The molecule has 0 fully saturated rings. The van der Waals surface area contributed by atoms with Crippen LogP contribution in [0.4, 0.5) is 5.69 Å². The van der Waals surface area contributed by atoms with Gasteiger partial charge in [-0.25, -0.2) is 8.42 Å². The monoisotopic (exact) mass is 367 g/mol. The summed E-state index contributed by atoms with van der Waals surface area (Å²) in [6.07, 6.45) is 0. The maximum Gasteiger partial charge on any atom is 0.257 e. The van der Waals surface area contributed by atoms with Crippen molar-refractivity contribution in [2.75, 3.05) is 18.2 Å². The van der Waals surface area contributed by atoms with Crippen LogP contribution >= 0.6 is 11.6 Å². The molecule has 1 N–H and O–H groups in total. The van der Waals surface area contributed by atoms with Crippen LogP contribution in [0.3, 0.4) is 0 Å². The number of rotatable bonds is 5. The fourth-order valence-electron chi connectivity index (χ4n) is 2.20. The summed E-state index contributed by atoms with van der Waals surface area (Å²) in [6.45, 7) is 3.34. The number of sulfone groups is 1. The molecule has 1 amide bonds. The van der Waals surface area contributed by atoms with Gasteiger partial charge in [-0.1, -0.05) is 30.7 Å². The molecule has 0 bridgehead atoms. The highest BCUT2D eigenvalue weighted by Crippen LogP contribution is 2.31. The van der Waals surface area contributed by atoms with Gasteiger partial charge in [0, 0.05) is 11.1 Å². The summed E-state index contributed by atoms with van der Waals surface area (Å²) in [7, 11) is -2.05. The molecule has 0 aliphatic heterocycles. The SMILES string of the molecule is CCS(=O)(=O)c1ccccc1C(=O)Nc1cc(C)c(Cl)cc1OC. The summed E-state index contributed by atoms with van der Waals surface area (Å²) in [5, 5.41) is 3.21. The normalized spacial score (nSPS) is 11.2. The van der Waals surface area contributed by atoms with Crippen molar-refractivity contribution in [3.63, 3.8) is 0 Å². The Labute approximate surface area is 146 Å². The maximum absolute atomic E-state index is 12.6. The van der Waals surface area contributed by atoms with E-state index in [1.807, 2.05) is 0 Å². The van der Waals surface area contributed by atoms with Crippen molar-refractivity contribution in [1.82, 2.24) is 0 Å². The van der Waals surface area contributed by atoms with E-state index in [2.05, 4.69) is 5.32 Å². The summed E-state index contributed by atoms with van der Waals surface area (Å²) in [4.78, 5) is 12.6. The van der Waals surface area contributed by atoms with E-state index in [0.717, 1.165) is 5.56 Å². The van der Waals surface area contributed by atoms with Gasteiger partial charge in [0.25, 0.3) is 5.91 Å². The first-order valence-electron chi connectivity index (χ1n) is 7.27. The highest BCUT2D eigenvalue weighted by Gasteiger charge is 2.21. The molecule has 2 rings (SSSR count). The number of benzene rings is 2. The van der Waals surface area contributed by atoms with Crippen LogP contribution in [-0.2, 0) is 9.84 Å². The second-order valence-electron chi connectivity index (χ2n) is 5.16. The number of anilines is 1. The molecule has 0 spiro atoms. The fraction of sp³-hybridized carbons (Fsp3) is 0.235. The molecule has 0 heterocycles. The number of aryl methyl sites for hydroxylation is 1. The molecular weight excluding hydrogens is 350 g/mol. The van der Waals surface area contributed by atoms with Crippen LogP contribution in [0.2, 0.25) is 5.02 Å². The highest BCUT2D eigenvalue weighted by atomic mass is 35.5. The van der Waals surface area contributed by atoms with Gasteiger partial charge in [-0.05, 0) is 30.7 Å². The third kappa shape index (κ3) is 3.71. The van der Waals surface area contributed by atoms with E-state index < -0.39 is 15.7 Å². The molecular formula is C17H18ClNO4S. The number of methoxy groups -OCH3 is 1. The molecule has 0 radical (unpaired) electrons. The summed E-state index contributed by atoms with van der Waals surface area (Å²) < 4.78 is 29.6. The van der Waals surface area contributed by atoms with E-state index in [0.29, 0.717) is 16.5 Å². The minimum Gasteiger partial charge on any atom is -0.495 e. The van der Waals surface area contributed by atoms with Gasteiger partial charge >= 0.3 is 0 Å². The van der Waals surface area contributed by atoms with E-state index in [9.17, 15) is 13.2 Å². The molecule has 128 valence electrons. The largest absolute Gasteiger partial charge is 0.495 e. The molecule has 0 unspecified atom stereocenters. The molecule has 0 saturated heterocycles. The minimum atomic E-state index is -3.51. The average molecular weight is 368 g/mol. The predicted molar refractivity (Wildman–Crippen MR) is 94.9 cm³/mol. The quantitative estimate of drug-likeness (QED) is 0.874. The van der Waals surface area contributed by atoms with Crippen LogP contribution in [0.5, 0.6) is 5.75 Å². The Morgan fingerprint density at radius 2 is 1.92 bits per heavy atom. The number of carbonyl (C=O) groups excluding carboxylic acids is 1. The van der Waals surface area contributed by atoms with Gasteiger partial charge < -0.3 is 10.1 Å². The third-order valence-corrected chi connectivity index (χ3v) is 5.77. The number of amides is 1. The Hall–Kier alpha value is -2.05. The van der Waals surface area contributed by atoms with Gasteiger partial charge in [-0.2, -0.15) is 0 Å². The lowest BCUT2D eigenvalue weighted by atomic mass is 10.1. The van der Waals surface area contributed by atoms with Gasteiger partial charge in [0.05, 0.1) is 29.0 Å². The van der Waals surface area contributed by atoms with Crippen LogP contribution in [0, 0.1) is 6.92 Å². The van der Waals surface area contributed by atoms with Gasteiger partial charge in [0.2, 0.25) is 0 Å². The van der Waals surface area contributed by atoms with Gasteiger partial charge in [-0.15, -0.1) is 0 Å². The molecule has 0 aliphatic carbocycles. The molecule has 0 aromatic heterocycles. The van der Waals surface area contributed by atoms with Gasteiger partial charge in [0.1, 0.15) is 5.75 Å². The number of halogens is 1. The fourth-order valence-corrected chi connectivity index (χ4v) is 3.45. The van der Waals surface area contributed by atoms with E-state index in [1.165, 1.54) is 26.2 Å². The van der Waals surface area contributed by atoms with Crippen molar-refractivity contribution in [2.45, 2.75) is 18.7 Å². The number of hydrogen-bond acceptors (Lipinski definition) is 4. The Morgan fingerprint density at radius 1 is 1.25 bits per heavy atom. The smallest absolute Gasteiger partial charge is 0.257 e. The second-order valence-corrected chi connectivity index (χ2v) is 7.81. The molecule has 7 heteroatoms. The zero-order chi connectivity index (χ0) is 17.9. The number of nitrogens with one attached hydrogen (secondary N) is 1. The summed E-state index contributed by atoms with van der Waals surface area (Å²) >= 11 is 6.05. The predicted octanol–water partition coefficient (Wildman–Crippen LogP) is 3.70. The van der Waals surface area contributed by atoms with Crippen LogP contribution in [0.15, 0.2) is 41.3 Å². The second kappa shape index (κ2) is 7.23. The van der Waals surface area contributed by atoms with Gasteiger partial charge in [0.15, 0.2) is 9.84 Å². The highest BCUT2D eigenvalue weighted by molar-refractivity contribution is 7.91. The Bertz CT molecular complexity index is 878. The first kappa shape index (κ1) is 18.3. The third-order valence-electron chi connectivity index (χ3n) is 3.58.